The van der Waals surface area contributed by atoms with Gasteiger partial charge in [0.05, 0.1) is 31.8 Å². The van der Waals surface area contributed by atoms with E-state index >= 15 is 0 Å². The lowest BCUT2D eigenvalue weighted by molar-refractivity contribution is 0.0525. The zero-order chi connectivity index (χ0) is 14.7. The molecule has 6 heteroatoms. The van der Waals surface area contributed by atoms with Gasteiger partial charge in [-0.2, -0.15) is 0 Å². The van der Waals surface area contributed by atoms with Crippen molar-refractivity contribution >= 4 is 32.8 Å². The number of pyridine rings is 1. The van der Waals surface area contributed by atoms with Crippen molar-refractivity contribution in [2.24, 2.45) is 0 Å². The van der Waals surface area contributed by atoms with Gasteiger partial charge in [-0.3, -0.25) is 4.98 Å². The van der Waals surface area contributed by atoms with Gasteiger partial charge in [-0.15, -0.1) is 0 Å². The first-order valence-electron chi connectivity index (χ1n) is 6.00. The molecule has 0 fully saturated rings. The number of methoxy groups -OCH3 is 2. The minimum absolute atomic E-state index is 0.304. The van der Waals surface area contributed by atoms with E-state index in [9.17, 15) is 4.79 Å². The van der Waals surface area contributed by atoms with Crippen LogP contribution in [0.15, 0.2) is 22.8 Å². The van der Waals surface area contributed by atoms with Crippen LogP contribution in [0.4, 0.5) is 0 Å². The summed E-state index contributed by atoms with van der Waals surface area (Å²) in [5.74, 6) is 0.780. The molecule has 0 amide bonds. The van der Waals surface area contributed by atoms with Crippen molar-refractivity contribution in [3.8, 4) is 11.5 Å². The van der Waals surface area contributed by atoms with Crippen LogP contribution in [0.5, 0.6) is 11.5 Å². The monoisotopic (exact) mass is 339 g/mol. The lowest BCUT2D eigenvalue weighted by Crippen LogP contribution is -2.07. The first-order chi connectivity index (χ1) is 9.63. The lowest BCUT2D eigenvalue weighted by atomic mass is 10.1. The highest BCUT2D eigenvalue weighted by molar-refractivity contribution is 9.10. The van der Waals surface area contributed by atoms with E-state index in [4.69, 9.17) is 14.2 Å². The van der Waals surface area contributed by atoms with Crippen LogP contribution in [-0.4, -0.2) is 31.8 Å². The van der Waals surface area contributed by atoms with Crippen molar-refractivity contribution in [2.75, 3.05) is 20.8 Å². The molecule has 0 atom stereocenters. The van der Waals surface area contributed by atoms with Crippen LogP contribution in [0.2, 0.25) is 0 Å². The number of benzene rings is 1. The van der Waals surface area contributed by atoms with Gasteiger partial charge in [0.15, 0.2) is 0 Å². The molecule has 5 nitrogen and oxygen atoms in total. The molecule has 0 saturated heterocycles. The van der Waals surface area contributed by atoms with E-state index in [0.29, 0.717) is 39.0 Å². The fraction of sp³-hybridized carbons (Fsp3) is 0.286. The third-order valence-electron chi connectivity index (χ3n) is 2.82. The summed E-state index contributed by atoms with van der Waals surface area (Å²) in [5.41, 5.74) is 0.970. The topological polar surface area (TPSA) is 57.7 Å². The average Bonchev–Trinajstić information content (AvgIpc) is 2.46. The molecule has 0 aliphatic carbocycles. The number of ether oxygens (including phenoxy) is 3. The van der Waals surface area contributed by atoms with Crippen LogP contribution < -0.4 is 9.47 Å². The lowest BCUT2D eigenvalue weighted by Gasteiger charge is -2.12. The Morgan fingerprint density at radius 3 is 2.50 bits per heavy atom. The van der Waals surface area contributed by atoms with Gasteiger partial charge in [0.25, 0.3) is 0 Å². The summed E-state index contributed by atoms with van der Waals surface area (Å²) in [4.78, 5) is 16.2. The van der Waals surface area contributed by atoms with E-state index in [1.54, 1.807) is 33.3 Å². The minimum Gasteiger partial charge on any atom is -0.496 e. The van der Waals surface area contributed by atoms with Gasteiger partial charge < -0.3 is 14.2 Å². The Hall–Kier alpha value is -1.82. The normalized spacial score (nSPS) is 10.4. The summed E-state index contributed by atoms with van der Waals surface area (Å²) in [6.07, 6.45) is 1.46. The van der Waals surface area contributed by atoms with Gasteiger partial charge in [-0.05, 0) is 35.0 Å². The van der Waals surface area contributed by atoms with Gasteiger partial charge in [-0.1, -0.05) is 0 Å². The number of hydrogen-bond donors (Lipinski definition) is 0. The maximum Gasteiger partial charge on any atom is 0.340 e. The zero-order valence-electron chi connectivity index (χ0n) is 11.4. The SMILES string of the molecule is CCOC(=O)c1cnc2c(OC)ccc(OC)c2c1Br. The van der Waals surface area contributed by atoms with Crippen LogP contribution in [0.1, 0.15) is 17.3 Å². The highest BCUT2D eigenvalue weighted by Crippen LogP contribution is 2.38. The van der Waals surface area contributed by atoms with Crippen molar-refractivity contribution in [3.05, 3.63) is 28.4 Å². The number of nitrogens with zero attached hydrogens (tertiary/aromatic N) is 1. The number of carbonyl (C=O) groups excluding carboxylic acids is 1. The second kappa shape index (κ2) is 6.09. The van der Waals surface area contributed by atoms with Crippen molar-refractivity contribution in [2.45, 2.75) is 6.92 Å². The molecule has 0 aliphatic heterocycles. The van der Waals surface area contributed by atoms with Crippen LogP contribution in [0, 0.1) is 0 Å². The van der Waals surface area contributed by atoms with Crippen LogP contribution >= 0.6 is 15.9 Å². The zero-order valence-corrected chi connectivity index (χ0v) is 13.0. The number of aromatic nitrogens is 1. The number of rotatable bonds is 4. The Balaban J connectivity index is 2.73. The molecule has 0 spiro atoms. The Bertz CT molecular complexity index is 657. The second-order valence-electron chi connectivity index (χ2n) is 3.90. The summed E-state index contributed by atoms with van der Waals surface area (Å²) < 4.78 is 16.2. The molecular formula is C14H14BrNO4. The third kappa shape index (κ3) is 2.43. The molecule has 0 radical (unpaired) electrons. The van der Waals surface area contributed by atoms with E-state index in [-0.39, 0.29) is 0 Å². The summed E-state index contributed by atoms with van der Waals surface area (Å²) in [5, 5.41) is 0.678. The average molecular weight is 340 g/mol. The van der Waals surface area contributed by atoms with E-state index in [1.165, 1.54) is 6.20 Å². The number of fused-ring (bicyclic) bond motifs is 1. The van der Waals surface area contributed by atoms with E-state index in [1.807, 2.05) is 0 Å². The van der Waals surface area contributed by atoms with Crippen molar-refractivity contribution in [3.63, 3.8) is 0 Å². The Morgan fingerprint density at radius 2 is 1.90 bits per heavy atom. The summed E-state index contributed by atoms with van der Waals surface area (Å²) in [6.45, 7) is 2.06. The molecular weight excluding hydrogens is 326 g/mol. The molecule has 20 heavy (non-hydrogen) atoms. The van der Waals surface area contributed by atoms with Gasteiger partial charge in [-0.25, -0.2) is 4.79 Å². The van der Waals surface area contributed by atoms with Crippen LogP contribution in [0.25, 0.3) is 10.9 Å². The highest BCUT2D eigenvalue weighted by Gasteiger charge is 2.19. The minimum atomic E-state index is -0.432. The van der Waals surface area contributed by atoms with Gasteiger partial charge in [0.2, 0.25) is 0 Å². The van der Waals surface area contributed by atoms with Crippen LogP contribution in [0.3, 0.4) is 0 Å². The predicted molar refractivity (Wildman–Crippen MR) is 78.5 cm³/mol. The van der Waals surface area contributed by atoms with Gasteiger partial charge in [0, 0.05) is 10.7 Å². The molecule has 0 saturated carbocycles. The Morgan fingerprint density at radius 1 is 1.25 bits per heavy atom. The molecule has 1 heterocycles. The maximum absolute atomic E-state index is 11.9. The standard InChI is InChI=1S/C14H14BrNO4/c1-4-20-14(17)8-7-16-13-10(19-3)6-5-9(18-2)11(13)12(8)15/h5-7H,4H2,1-3H3. The van der Waals surface area contributed by atoms with E-state index in [0.717, 1.165) is 0 Å². The second-order valence-corrected chi connectivity index (χ2v) is 4.69. The highest BCUT2D eigenvalue weighted by atomic mass is 79.9. The van der Waals surface area contributed by atoms with Crippen molar-refractivity contribution in [1.29, 1.82) is 0 Å². The molecule has 106 valence electrons. The molecule has 0 aliphatic rings. The number of esters is 1. The fourth-order valence-electron chi connectivity index (χ4n) is 1.90. The van der Waals surface area contributed by atoms with Crippen molar-refractivity contribution < 1.29 is 19.0 Å². The number of halogens is 1. The summed E-state index contributed by atoms with van der Waals surface area (Å²) in [7, 11) is 3.13. The maximum atomic E-state index is 11.9. The molecule has 1 aromatic heterocycles. The first-order valence-corrected chi connectivity index (χ1v) is 6.79. The smallest absolute Gasteiger partial charge is 0.340 e. The molecule has 0 bridgehead atoms. The summed E-state index contributed by atoms with van der Waals surface area (Å²) in [6, 6.07) is 3.53. The summed E-state index contributed by atoms with van der Waals surface area (Å²) >= 11 is 3.43. The van der Waals surface area contributed by atoms with E-state index in [2.05, 4.69) is 20.9 Å². The Kier molecular flexibility index (Phi) is 4.44. The molecule has 2 rings (SSSR count). The largest absolute Gasteiger partial charge is 0.496 e. The van der Waals surface area contributed by atoms with E-state index < -0.39 is 5.97 Å². The van der Waals surface area contributed by atoms with Crippen LogP contribution in [-0.2, 0) is 4.74 Å². The van der Waals surface area contributed by atoms with Crippen molar-refractivity contribution in [1.82, 2.24) is 4.98 Å². The molecule has 0 unspecified atom stereocenters. The Labute approximate surface area is 125 Å². The molecule has 2 aromatic rings. The van der Waals surface area contributed by atoms with Gasteiger partial charge in [0.1, 0.15) is 17.0 Å². The predicted octanol–water partition coefficient (Wildman–Crippen LogP) is 3.19. The molecule has 1 aromatic carbocycles. The number of carbonyl (C=O) groups is 1. The van der Waals surface area contributed by atoms with Gasteiger partial charge >= 0.3 is 5.97 Å². The molecule has 0 N–H and O–H groups in total. The quantitative estimate of drug-likeness (QED) is 0.800. The first kappa shape index (κ1) is 14.6. The third-order valence-corrected chi connectivity index (χ3v) is 3.64. The number of hydrogen-bond acceptors (Lipinski definition) is 5. The fourth-order valence-corrected chi connectivity index (χ4v) is 2.55.